The van der Waals surface area contributed by atoms with Crippen LogP contribution < -0.4 is 5.32 Å². The molecule has 0 heterocycles. The zero-order valence-corrected chi connectivity index (χ0v) is 8.92. The number of rotatable bonds is 6. The molecular formula is C11H19NO2. The van der Waals surface area contributed by atoms with Crippen molar-refractivity contribution < 1.29 is 9.90 Å². The van der Waals surface area contributed by atoms with Crippen molar-refractivity contribution in [2.75, 3.05) is 6.61 Å². The number of amides is 1. The van der Waals surface area contributed by atoms with E-state index < -0.39 is 0 Å². The Hall–Kier alpha value is -1.01. The van der Waals surface area contributed by atoms with Crippen LogP contribution in [0, 0.1) is 18.3 Å². The number of hydrogen-bond donors (Lipinski definition) is 2. The van der Waals surface area contributed by atoms with Gasteiger partial charge in [-0.15, -0.1) is 12.3 Å². The average Bonchev–Trinajstić information content (AvgIpc) is 2.12. The SMILES string of the molecule is C#CCCC(=O)NC(CO)CC(C)C. The fourth-order valence-electron chi connectivity index (χ4n) is 1.23. The Morgan fingerprint density at radius 2 is 2.21 bits per heavy atom. The van der Waals surface area contributed by atoms with Gasteiger partial charge in [-0.05, 0) is 12.3 Å². The van der Waals surface area contributed by atoms with Crippen LogP contribution in [-0.2, 0) is 4.79 Å². The van der Waals surface area contributed by atoms with E-state index in [-0.39, 0.29) is 18.6 Å². The van der Waals surface area contributed by atoms with Crippen molar-refractivity contribution >= 4 is 5.91 Å². The smallest absolute Gasteiger partial charge is 0.221 e. The molecule has 0 aliphatic heterocycles. The number of terminal acetylenes is 1. The molecule has 0 rings (SSSR count). The molecule has 1 amide bonds. The number of hydrogen-bond acceptors (Lipinski definition) is 2. The standard InChI is InChI=1S/C11H19NO2/c1-4-5-6-11(14)12-10(8-13)7-9(2)3/h1,9-10,13H,5-8H2,2-3H3,(H,12,14). The second-order valence-corrected chi connectivity index (χ2v) is 3.78. The predicted octanol–water partition coefficient (Wildman–Crippen LogP) is 0.923. The van der Waals surface area contributed by atoms with E-state index in [1.807, 2.05) is 0 Å². The fourth-order valence-corrected chi connectivity index (χ4v) is 1.23. The van der Waals surface area contributed by atoms with Crippen molar-refractivity contribution in [2.24, 2.45) is 5.92 Å². The highest BCUT2D eigenvalue weighted by molar-refractivity contribution is 5.76. The minimum Gasteiger partial charge on any atom is -0.394 e. The van der Waals surface area contributed by atoms with Crippen LogP contribution in [0.5, 0.6) is 0 Å². The molecule has 1 atom stereocenters. The van der Waals surface area contributed by atoms with Crippen molar-refractivity contribution in [3.63, 3.8) is 0 Å². The van der Waals surface area contributed by atoms with Gasteiger partial charge in [0.2, 0.25) is 5.91 Å². The molecule has 3 nitrogen and oxygen atoms in total. The van der Waals surface area contributed by atoms with Gasteiger partial charge in [-0.1, -0.05) is 13.8 Å². The molecule has 3 heteroatoms. The van der Waals surface area contributed by atoms with Crippen molar-refractivity contribution in [1.82, 2.24) is 5.32 Å². The number of carbonyl (C=O) groups is 1. The monoisotopic (exact) mass is 197 g/mol. The molecule has 0 saturated carbocycles. The lowest BCUT2D eigenvalue weighted by atomic mass is 10.0. The molecule has 0 aromatic rings. The summed E-state index contributed by atoms with van der Waals surface area (Å²) in [5, 5.41) is 11.7. The normalized spacial score (nSPS) is 12.2. The Labute approximate surface area is 85.9 Å². The summed E-state index contributed by atoms with van der Waals surface area (Å²) < 4.78 is 0. The minimum absolute atomic E-state index is 0.0139. The van der Waals surface area contributed by atoms with E-state index in [2.05, 4.69) is 25.1 Å². The summed E-state index contributed by atoms with van der Waals surface area (Å²) in [7, 11) is 0. The Kier molecular flexibility index (Phi) is 6.87. The number of carbonyl (C=O) groups excluding carboxylic acids is 1. The molecule has 2 N–H and O–H groups in total. The maximum Gasteiger partial charge on any atom is 0.221 e. The van der Waals surface area contributed by atoms with Crippen LogP contribution in [0.1, 0.15) is 33.1 Å². The summed E-state index contributed by atoms with van der Waals surface area (Å²) in [6, 6.07) is -0.139. The molecular weight excluding hydrogens is 178 g/mol. The van der Waals surface area contributed by atoms with E-state index in [1.165, 1.54) is 0 Å². The summed E-state index contributed by atoms with van der Waals surface area (Å²) in [5.74, 6) is 2.78. The van der Waals surface area contributed by atoms with E-state index in [0.717, 1.165) is 6.42 Å². The minimum atomic E-state index is -0.139. The maximum atomic E-state index is 11.2. The van der Waals surface area contributed by atoms with Gasteiger partial charge in [0, 0.05) is 12.8 Å². The van der Waals surface area contributed by atoms with E-state index >= 15 is 0 Å². The molecule has 0 radical (unpaired) electrons. The molecule has 0 saturated heterocycles. The van der Waals surface area contributed by atoms with Gasteiger partial charge in [-0.2, -0.15) is 0 Å². The second kappa shape index (κ2) is 7.40. The first kappa shape index (κ1) is 13.0. The molecule has 0 aliphatic rings. The van der Waals surface area contributed by atoms with Crippen molar-refractivity contribution in [3.05, 3.63) is 0 Å². The highest BCUT2D eigenvalue weighted by Gasteiger charge is 2.11. The van der Waals surface area contributed by atoms with E-state index in [0.29, 0.717) is 18.8 Å². The number of aliphatic hydroxyl groups excluding tert-OH is 1. The first-order valence-corrected chi connectivity index (χ1v) is 4.93. The maximum absolute atomic E-state index is 11.2. The Morgan fingerprint density at radius 3 is 2.64 bits per heavy atom. The van der Waals surface area contributed by atoms with Crippen molar-refractivity contribution in [3.8, 4) is 12.3 Å². The van der Waals surface area contributed by atoms with Crippen LogP contribution in [0.2, 0.25) is 0 Å². The Balaban J connectivity index is 3.81. The lowest BCUT2D eigenvalue weighted by molar-refractivity contribution is -0.122. The van der Waals surface area contributed by atoms with Crippen LogP contribution >= 0.6 is 0 Å². The third kappa shape index (κ3) is 6.50. The fraction of sp³-hybridized carbons (Fsp3) is 0.727. The molecule has 80 valence electrons. The summed E-state index contributed by atoms with van der Waals surface area (Å²) in [5.41, 5.74) is 0. The lowest BCUT2D eigenvalue weighted by Crippen LogP contribution is -2.38. The topological polar surface area (TPSA) is 49.3 Å². The lowest BCUT2D eigenvalue weighted by Gasteiger charge is -2.17. The summed E-state index contributed by atoms with van der Waals surface area (Å²) >= 11 is 0. The molecule has 0 aromatic carbocycles. The molecule has 0 fully saturated rings. The van der Waals surface area contributed by atoms with Crippen LogP contribution in [0.25, 0.3) is 0 Å². The van der Waals surface area contributed by atoms with Crippen molar-refractivity contribution in [2.45, 2.75) is 39.2 Å². The van der Waals surface area contributed by atoms with Gasteiger partial charge >= 0.3 is 0 Å². The zero-order chi connectivity index (χ0) is 11.0. The van der Waals surface area contributed by atoms with Crippen LogP contribution in [0.15, 0.2) is 0 Å². The van der Waals surface area contributed by atoms with Crippen LogP contribution in [0.3, 0.4) is 0 Å². The van der Waals surface area contributed by atoms with Gasteiger partial charge in [0.25, 0.3) is 0 Å². The third-order valence-corrected chi connectivity index (χ3v) is 1.84. The van der Waals surface area contributed by atoms with E-state index in [1.54, 1.807) is 0 Å². The predicted molar refractivity (Wildman–Crippen MR) is 56.5 cm³/mol. The van der Waals surface area contributed by atoms with E-state index in [4.69, 9.17) is 11.5 Å². The number of aliphatic hydroxyl groups is 1. The average molecular weight is 197 g/mol. The third-order valence-electron chi connectivity index (χ3n) is 1.84. The van der Waals surface area contributed by atoms with Gasteiger partial charge < -0.3 is 10.4 Å². The second-order valence-electron chi connectivity index (χ2n) is 3.78. The Morgan fingerprint density at radius 1 is 1.57 bits per heavy atom. The quantitative estimate of drug-likeness (QED) is 0.622. The molecule has 0 aliphatic carbocycles. The molecule has 14 heavy (non-hydrogen) atoms. The van der Waals surface area contributed by atoms with Gasteiger partial charge in [-0.3, -0.25) is 4.79 Å². The van der Waals surface area contributed by atoms with Gasteiger partial charge in [0.1, 0.15) is 0 Å². The largest absolute Gasteiger partial charge is 0.394 e. The molecule has 1 unspecified atom stereocenters. The molecule has 0 aromatic heterocycles. The highest BCUT2D eigenvalue weighted by Crippen LogP contribution is 2.04. The molecule has 0 spiro atoms. The van der Waals surface area contributed by atoms with Gasteiger partial charge in [0.05, 0.1) is 12.6 Å². The zero-order valence-electron chi connectivity index (χ0n) is 8.92. The van der Waals surface area contributed by atoms with Crippen LogP contribution in [0.4, 0.5) is 0 Å². The van der Waals surface area contributed by atoms with E-state index in [9.17, 15) is 4.79 Å². The first-order valence-electron chi connectivity index (χ1n) is 4.93. The first-order chi connectivity index (χ1) is 6.60. The van der Waals surface area contributed by atoms with Gasteiger partial charge in [0.15, 0.2) is 0 Å². The number of nitrogens with one attached hydrogen (secondary N) is 1. The Bertz CT molecular complexity index is 206. The molecule has 0 bridgehead atoms. The summed E-state index contributed by atoms with van der Waals surface area (Å²) in [6.07, 6.45) is 6.62. The van der Waals surface area contributed by atoms with Crippen molar-refractivity contribution in [1.29, 1.82) is 0 Å². The van der Waals surface area contributed by atoms with Crippen LogP contribution in [-0.4, -0.2) is 23.7 Å². The van der Waals surface area contributed by atoms with Gasteiger partial charge in [-0.25, -0.2) is 0 Å². The summed E-state index contributed by atoms with van der Waals surface area (Å²) in [6.45, 7) is 4.09. The summed E-state index contributed by atoms with van der Waals surface area (Å²) in [4.78, 5) is 11.2. The highest BCUT2D eigenvalue weighted by atomic mass is 16.3.